The number of hydrogen-bond acceptors (Lipinski definition) is 4. The number of aliphatic hydroxyl groups excluding tert-OH is 2. The van der Waals surface area contributed by atoms with Crippen LogP contribution >= 0.6 is 0 Å². The zero-order valence-electron chi connectivity index (χ0n) is 20.8. The molecule has 1 fully saturated rings. The first-order valence-corrected chi connectivity index (χ1v) is 13.5. The molecule has 2 aromatic rings. The van der Waals surface area contributed by atoms with Gasteiger partial charge in [0.2, 0.25) is 0 Å². The molecular weight excluding hydrogens is 424 g/mol. The van der Waals surface area contributed by atoms with E-state index in [0.29, 0.717) is 25.0 Å². The Morgan fingerprint density at radius 1 is 0.500 bits per heavy atom. The van der Waals surface area contributed by atoms with Gasteiger partial charge in [-0.1, -0.05) is 37.1 Å². The lowest BCUT2D eigenvalue weighted by Gasteiger charge is -2.29. The highest BCUT2D eigenvalue weighted by molar-refractivity contribution is 5.32. The zero-order chi connectivity index (χ0) is 23.8. The van der Waals surface area contributed by atoms with E-state index in [1.54, 1.807) is 0 Å². The summed E-state index contributed by atoms with van der Waals surface area (Å²) in [5, 5.41) is 17.7. The summed E-state index contributed by atoms with van der Waals surface area (Å²) in [7, 11) is 0. The first-order chi connectivity index (χ1) is 16.8. The molecule has 0 atom stereocenters. The maximum atomic E-state index is 8.83. The smallest absolute Gasteiger partial charge is 0.119 e. The lowest BCUT2D eigenvalue weighted by atomic mass is 9.76. The highest BCUT2D eigenvalue weighted by atomic mass is 16.5. The summed E-state index contributed by atoms with van der Waals surface area (Å²) in [6.07, 6.45) is 13.2. The third-order valence-corrected chi connectivity index (χ3v) is 7.07. The molecule has 1 aliphatic rings. The fraction of sp³-hybridized carbons (Fsp3) is 0.600. The summed E-state index contributed by atoms with van der Waals surface area (Å²) in [6, 6.07) is 17.5. The third kappa shape index (κ3) is 9.31. The Morgan fingerprint density at radius 2 is 0.853 bits per heavy atom. The van der Waals surface area contributed by atoms with Crippen LogP contribution in [0.15, 0.2) is 48.5 Å². The van der Waals surface area contributed by atoms with E-state index in [1.165, 1.54) is 36.8 Å². The molecule has 0 saturated heterocycles. The van der Waals surface area contributed by atoms with Gasteiger partial charge in [-0.05, 0) is 111 Å². The Morgan fingerprint density at radius 3 is 1.21 bits per heavy atom. The predicted octanol–water partition coefficient (Wildman–Crippen LogP) is 6.99. The molecule has 2 N–H and O–H groups in total. The van der Waals surface area contributed by atoms with Crippen LogP contribution in [0.4, 0.5) is 0 Å². The van der Waals surface area contributed by atoms with Crippen LogP contribution in [0.3, 0.4) is 0 Å². The van der Waals surface area contributed by atoms with Crippen molar-refractivity contribution in [2.24, 2.45) is 0 Å². The fourth-order valence-corrected chi connectivity index (χ4v) is 4.95. The largest absolute Gasteiger partial charge is 0.494 e. The van der Waals surface area contributed by atoms with Crippen LogP contribution in [-0.4, -0.2) is 36.6 Å². The van der Waals surface area contributed by atoms with Crippen molar-refractivity contribution in [2.45, 2.75) is 88.9 Å². The molecule has 2 aromatic carbocycles. The van der Waals surface area contributed by atoms with Gasteiger partial charge >= 0.3 is 0 Å². The molecule has 4 heteroatoms. The Hall–Kier alpha value is -2.04. The maximum Gasteiger partial charge on any atom is 0.119 e. The lowest BCUT2D eigenvalue weighted by Crippen LogP contribution is -2.12. The van der Waals surface area contributed by atoms with Crippen molar-refractivity contribution < 1.29 is 19.7 Å². The van der Waals surface area contributed by atoms with E-state index in [4.69, 9.17) is 19.7 Å². The van der Waals surface area contributed by atoms with Crippen LogP contribution in [0, 0.1) is 0 Å². The number of benzene rings is 2. The average Bonchev–Trinajstić information content (AvgIpc) is 2.89. The molecule has 34 heavy (non-hydrogen) atoms. The van der Waals surface area contributed by atoms with Gasteiger partial charge < -0.3 is 19.7 Å². The van der Waals surface area contributed by atoms with Crippen LogP contribution in [0.1, 0.15) is 100 Å². The number of hydrogen-bond donors (Lipinski definition) is 2. The van der Waals surface area contributed by atoms with Gasteiger partial charge in [0.1, 0.15) is 11.5 Å². The van der Waals surface area contributed by atoms with Gasteiger partial charge in [-0.25, -0.2) is 0 Å². The molecule has 0 aliphatic heterocycles. The van der Waals surface area contributed by atoms with Crippen LogP contribution < -0.4 is 9.47 Å². The van der Waals surface area contributed by atoms with Crippen molar-refractivity contribution in [1.29, 1.82) is 0 Å². The summed E-state index contributed by atoms with van der Waals surface area (Å²) >= 11 is 0. The van der Waals surface area contributed by atoms with Crippen LogP contribution in [-0.2, 0) is 0 Å². The van der Waals surface area contributed by atoms with Gasteiger partial charge in [0.05, 0.1) is 13.2 Å². The molecule has 0 heterocycles. The number of unbranched alkanes of at least 4 members (excludes halogenated alkanes) is 6. The normalized spacial score (nSPS) is 18.1. The standard InChI is InChI=1S/C30H44O4/c31-21-5-1-3-7-23-33-29-17-13-27(14-18-29)25-9-11-26(12-10-25)28-15-19-30(20-16-28)34-24-8-4-2-6-22-32/h13-20,25-26,31-32H,1-12,21-24H2. The molecule has 4 nitrogen and oxygen atoms in total. The van der Waals surface area contributed by atoms with Crippen molar-refractivity contribution in [3.05, 3.63) is 59.7 Å². The molecule has 188 valence electrons. The van der Waals surface area contributed by atoms with E-state index in [1.807, 2.05) is 0 Å². The summed E-state index contributed by atoms with van der Waals surface area (Å²) in [6.45, 7) is 2.09. The highest BCUT2D eigenvalue weighted by Gasteiger charge is 2.23. The quantitative estimate of drug-likeness (QED) is 0.261. The maximum absolute atomic E-state index is 8.83. The molecule has 1 aliphatic carbocycles. The van der Waals surface area contributed by atoms with Crippen molar-refractivity contribution >= 4 is 0 Å². The van der Waals surface area contributed by atoms with E-state index in [-0.39, 0.29) is 0 Å². The SMILES string of the molecule is OCCCCCCOc1ccc(C2CCC(c3ccc(OCCCCCCO)cc3)CC2)cc1. The molecular formula is C30H44O4. The van der Waals surface area contributed by atoms with E-state index in [2.05, 4.69) is 48.5 Å². The minimum absolute atomic E-state index is 0.291. The Kier molecular flexibility index (Phi) is 12.3. The first-order valence-electron chi connectivity index (χ1n) is 13.5. The molecule has 3 rings (SSSR count). The van der Waals surface area contributed by atoms with Gasteiger partial charge in [0, 0.05) is 13.2 Å². The zero-order valence-corrected chi connectivity index (χ0v) is 20.8. The summed E-state index contributed by atoms with van der Waals surface area (Å²) in [5.74, 6) is 3.23. The van der Waals surface area contributed by atoms with Gasteiger partial charge in [-0.2, -0.15) is 0 Å². The van der Waals surface area contributed by atoms with Crippen LogP contribution in [0.25, 0.3) is 0 Å². The average molecular weight is 469 g/mol. The molecule has 0 amide bonds. The molecule has 0 radical (unpaired) electrons. The number of rotatable bonds is 16. The second-order valence-electron chi connectivity index (χ2n) is 9.66. The predicted molar refractivity (Wildman–Crippen MR) is 139 cm³/mol. The van der Waals surface area contributed by atoms with E-state index >= 15 is 0 Å². The van der Waals surface area contributed by atoms with E-state index < -0.39 is 0 Å². The minimum Gasteiger partial charge on any atom is -0.494 e. The van der Waals surface area contributed by atoms with Crippen molar-refractivity contribution in [3.63, 3.8) is 0 Å². The molecule has 0 unspecified atom stereocenters. The second kappa shape index (κ2) is 15.8. The number of ether oxygens (including phenoxy) is 2. The molecule has 0 bridgehead atoms. The fourth-order valence-electron chi connectivity index (χ4n) is 4.95. The van der Waals surface area contributed by atoms with Gasteiger partial charge in [0.15, 0.2) is 0 Å². The molecule has 0 spiro atoms. The Balaban J connectivity index is 1.35. The Bertz CT molecular complexity index is 696. The van der Waals surface area contributed by atoms with Crippen molar-refractivity contribution in [1.82, 2.24) is 0 Å². The first kappa shape index (κ1) is 26.6. The minimum atomic E-state index is 0.291. The summed E-state index contributed by atoms with van der Waals surface area (Å²) in [5.41, 5.74) is 2.88. The third-order valence-electron chi connectivity index (χ3n) is 7.07. The summed E-state index contributed by atoms with van der Waals surface area (Å²) in [4.78, 5) is 0. The molecule has 1 saturated carbocycles. The lowest BCUT2D eigenvalue weighted by molar-refractivity contribution is 0.273. The molecule has 0 aromatic heterocycles. The van der Waals surface area contributed by atoms with Crippen molar-refractivity contribution in [3.8, 4) is 11.5 Å². The summed E-state index contributed by atoms with van der Waals surface area (Å²) < 4.78 is 11.8. The van der Waals surface area contributed by atoms with Gasteiger partial charge in [-0.3, -0.25) is 0 Å². The van der Waals surface area contributed by atoms with Crippen LogP contribution in [0.2, 0.25) is 0 Å². The van der Waals surface area contributed by atoms with Gasteiger partial charge in [0.25, 0.3) is 0 Å². The number of aliphatic hydroxyl groups is 2. The van der Waals surface area contributed by atoms with Gasteiger partial charge in [-0.15, -0.1) is 0 Å². The highest BCUT2D eigenvalue weighted by Crippen LogP contribution is 2.41. The van der Waals surface area contributed by atoms with E-state index in [0.717, 1.165) is 76.1 Å². The monoisotopic (exact) mass is 468 g/mol. The Labute approximate surface area is 206 Å². The van der Waals surface area contributed by atoms with Crippen LogP contribution in [0.5, 0.6) is 11.5 Å². The van der Waals surface area contributed by atoms with Crippen molar-refractivity contribution in [2.75, 3.05) is 26.4 Å². The second-order valence-corrected chi connectivity index (χ2v) is 9.66. The topological polar surface area (TPSA) is 58.9 Å². The van der Waals surface area contributed by atoms with E-state index in [9.17, 15) is 0 Å².